The third kappa shape index (κ3) is 5.51. The molecule has 1 aliphatic rings. The Kier molecular flexibility index (Phi) is 7.05. The van der Waals surface area contributed by atoms with Crippen molar-refractivity contribution >= 4 is 40.4 Å². The van der Waals surface area contributed by atoms with E-state index in [1.807, 2.05) is 5.92 Å². The van der Waals surface area contributed by atoms with Crippen molar-refractivity contribution in [1.29, 1.82) is 0 Å². The van der Waals surface area contributed by atoms with E-state index in [9.17, 15) is 33.2 Å². The van der Waals surface area contributed by atoms with Gasteiger partial charge in [0.05, 0.1) is 12.9 Å². The number of hydrogen-bond acceptors (Lipinski definition) is 13. The molecule has 22 heteroatoms. The van der Waals surface area contributed by atoms with Crippen molar-refractivity contribution in [2.75, 3.05) is 12.3 Å². The number of phosphoric acid groups is 3. The lowest BCUT2D eigenvalue weighted by atomic mass is 9.95. The molecule has 188 valence electrons. The second-order valence-corrected chi connectivity index (χ2v) is 11.0. The van der Waals surface area contributed by atoms with Gasteiger partial charge < -0.3 is 40.3 Å². The predicted molar refractivity (Wildman–Crippen MR) is 103 cm³/mol. The Morgan fingerprint density at radius 1 is 1.24 bits per heavy atom. The van der Waals surface area contributed by atoms with Gasteiger partial charge in [-0.15, -0.1) is 6.42 Å². The van der Waals surface area contributed by atoms with Gasteiger partial charge in [-0.25, -0.2) is 18.7 Å². The molecule has 1 fully saturated rings. The number of hydrogen-bond donors (Lipinski definition) is 7. The van der Waals surface area contributed by atoms with Crippen LogP contribution in [0.4, 0.5) is 10.2 Å². The zero-order chi connectivity index (χ0) is 25.7. The molecule has 8 N–H and O–H groups in total. The van der Waals surface area contributed by atoms with Crippen molar-refractivity contribution in [3.63, 3.8) is 0 Å². The van der Waals surface area contributed by atoms with Gasteiger partial charge in [-0.2, -0.15) is 23.0 Å². The SMILES string of the molecule is C#C[C@@]1(O)[C@H](O)[C@@H](COP(=O)(O)OP(=O)(O)OP(=O)(O)O)O[C@H]1n1cnc2c(N)nc(F)nc21. The minimum atomic E-state index is -5.79. The Hall–Kier alpha value is -1.87. The van der Waals surface area contributed by atoms with Crippen molar-refractivity contribution in [1.82, 2.24) is 19.5 Å². The molecule has 0 bridgehead atoms. The number of aromatic nitrogens is 4. The molecular weight excluding hydrogens is 534 g/mol. The fourth-order valence-corrected chi connectivity index (χ4v) is 5.92. The maximum atomic E-state index is 13.6. The molecule has 6 atom stereocenters. The van der Waals surface area contributed by atoms with Gasteiger partial charge in [-0.05, 0) is 0 Å². The first-order valence-corrected chi connectivity index (χ1v) is 13.0. The highest BCUT2D eigenvalue weighted by atomic mass is 31.3. The van der Waals surface area contributed by atoms with Gasteiger partial charge in [0.2, 0.25) is 0 Å². The van der Waals surface area contributed by atoms with Crippen molar-refractivity contribution in [2.45, 2.75) is 24.0 Å². The molecule has 0 saturated carbocycles. The quantitative estimate of drug-likeness (QED) is 0.112. The molecular formula is C12H15FN5O13P3. The number of aliphatic hydroxyl groups is 2. The van der Waals surface area contributed by atoms with Crippen LogP contribution < -0.4 is 5.73 Å². The first kappa shape index (κ1) is 26.7. The number of fused-ring (bicyclic) bond motifs is 1. The number of ether oxygens (including phenoxy) is 1. The maximum Gasteiger partial charge on any atom is 0.490 e. The van der Waals surface area contributed by atoms with Gasteiger partial charge in [0.1, 0.15) is 12.2 Å². The summed E-state index contributed by atoms with van der Waals surface area (Å²) in [5.74, 6) is 1.50. The molecule has 0 amide bonds. The Bertz CT molecular complexity index is 1290. The number of nitrogens with two attached hydrogens (primary N) is 1. The van der Waals surface area contributed by atoms with E-state index in [4.69, 9.17) is 31.6 Å². The molecule has 0 aliphatic carbocycles. The van der Waals surface area contributed by atoms with E-state index >= 15 is 0 Å². The van der Waals surface area contributed by atoms with Gasteiger partial charge in [-0.3, -0.25) is 9.09 Å². The summed E-state index contributed by atoms with van der Waals surface area (Å²) < 4.78 is 65.3. The molecule has 2 aromatic rings. The molecule has 1 saturated heterocycles. The summed E-state index contributed by atoms with van der Waals surface area (Å²) in [5.41, 5.74) is 2.56. The Balaban J connectivity index is 1.82. The second-order valence-electron chi connectivity index (χ2n) is 6.53. The first-order valence-electron chi connectivity index (χ1n) is 8.45. The lowest BCUT2D eigenvalue weighted by molar-refractivity contribution is -0.0718. The standard InChI is InChI=1S/C12H15FN5O13P3/c1-2-12(20)7(19)5(3-28-33(24,25)31-34(26,27)30-32(21,22)23)29-10(12)18-4-15-6-8(14)16-11(13)17-9(6)18/h1,4-5,7,10,19-20H,3H2,(H,24,25)(H,26,27)(H2,14,16,17)(H2,21,22,23)/t5-,7-,10-,12-/m1/s1. The zero-order valence-electron chi connectivity index (χ0n) is 16.2. The van der Waals surface area contributed by atoms with Crippen molar-refractivity contribution in [3.05, 3.63) is 12.4 Å². The van der Waals surface area contributed by atoms with E-state index in [-0.39, 0.29) is 17.0 Å². The predicted octanol–water partition coefficient (Wildman–Crippen LogP) is -1.49. The van der Waals surface area contributed by atoms with Crippen LogP contribution >= 0.6 is 23.5 Å². The number of nitrogens with zero attached hydrogens (tertiary/aromatic N) is 4. The highest BCUT2D eigenvalue weighted by Crippen LogP contribution is 2.66. The fourth-order valence-electron chi connectivity index (χ4n) is 2.89. The lowest BCUT2D eigenvalue weighted by Crippen LogP contribution is -2.45. The lowest BCUT2D eigenvalue weighted by Gasteiger charge is -2.26. The largest absolute Gasteiger partial charge is 0.490 e. The van der Waals surface area contributed by atoms with Crippen molar-refractivity contribution in [2.24, 2.45) is 0 Å². The maximum absolute atomic E-state index is 13.6. The average Bonchev–Trinajstić information content (AvgIpc) is 3.17. The Morgan fingerprint density at radius 2 is 1.88 bits per heavy atom. The monoisotopic (exact) mass is 549 g/mol. The number of anilines is 1. The van der Waals surface area contributed by atoms with Crippen molar-refractivity contribution in [3.8, 4) is 12.3 Å². The molecule has 0 aromatic carbocycles. The Labute approximate surface area is 187 Å². The summed E-state index contributed by atoms with van der Waals surface area (Å²) >= 11 is 0. The van der Waals surface area contributed by atoms with Crippen LogP contribution in [0.15, 0.2) is 6.33 Å². The number of nitrogen functional groups attached to an aromatic ring is 1. The van der Waals surface area contributed by atoms with E-state index in [2.05, 4.69) is 28.1 Å². The fraction of sp³-hybridized carbons (Fsp3) is 0.417. The molecule has 34 heavy (non-hydrogen) atoms. The van der Waals surface area contributed by atoms with Crippen LogP contribution in [0.3, 0.4) is 0 Å². The van der Waals surface area contributed by atoms with Crippen molar-refractivity contribution < 1.29 is 65.8 Å². The number of aliphatic hydroxyl groups excluding tert-OH is 1. The Morgan fingerprint density at radius 3 is 2.47 bits per heavy atom. The molecule has 3 heterocycles. The number of rotatable bonds is 8. The van der Waals surface area contributed by atoms with E-state index < -0.39 is 60.2 Å². The second kappa shape index (κ2) is 8.97. The molecule has 2 aromatic heterocycles. The first-order chi connectivity index (χ1) is 15.5. The van der Waals surface area contributed by atoms with E-state index in [1.165, 1.54) is 0 Å². The third-order valence-corrected chi connectivity index (χ3v) is 8.01. The van der Waals surface area contributed by atoms with Gasteiger partial charge >= 0.3 is 29.5 Å². The summed E-state index contributed by atoms with van der Waals surface area (Å²) in [6.45, 7) is -1.14. The van der Waals surface area contributed by atoms with E-state index in [0.29, 0.717) is 0 Å². The molecule has 2 unspecified atom stereocenters. The van der Waals surface area contributed by atoms with Crippen LogP contribution in [0.1, 0.15) is 6.23 Å². The number of terminal acetylenes is 1. The summed E-state index contributed by atoms with van der Waals surface area (Å²) in [6, 6.07) is 0. The smallest absolute Gasteiger partial charge is 0.386 e. The molecule has 18 nitrogen and oxygen atoms in total. The van der Waals surface area contributed by atoms with Crippen LogP contribution in [0.5, 0.6) is 0 Å². The van der Waals surface area contributed by atoms with Gasteiger partial charge in [0, 0.05) is 0 Å². The minimum absolute atomic E-state index is 0.115. The van der Waals surface area contributed by atoms with Crippen LogP contribution in [0.2, 0.25) is 0 Å². The van der Waals surface area contributed by atoms with Crippen LogP contribution in [-0.2, 0) is 31.6 Å². The van der Waals surface area contributed by atoms with Gasteiger partial charge in [-0.1, -0.05) is 5.92 Å². The van der Waals surface area contributed by atoms with Crippen LogP contribution in [0, 0.1) is 18.4 Å². The number of halogens is 1. The van der Waals surface area contributed by atoms with Crippen LogP contribution in [0.25, 0.3) is 11.2 Å². The summed E-state index contributed by atoms with van der Waals surface area (Å²) in [6.07, 6.45) is -0.489. The molecule has 3 rings (SSSR count). The normalized spacial score (nSPS) is 28.9. The molecule has 0 radical (unpaired) electrons. The average molecular weight is 549 g/mol. The highest BCUT2D eigenvalue weighted by Gasteiger charge is 2.56. The molecule has 1 aliphatic heterocycles. The minimum Gasteiger partial charge on any atom is -0.386 e. The van der Waals surface area contributed by atoms with E-state index in [1.54, 1.807) is 0 Å². The van der Waals surface area contributed by atoms with Crippen LogP contribution in [-0.4, -0.2) is 73.7 Å². The van der Waals surface area contributed by atoms with E-state index in [0.717, 1.165) is 10.9 Å². The summed E-state index contributed by atoms with van der Waals surface area (Å²) in [4.78, 5) is 46.3. The molecule has 0 spiro atoms. The number of imidazole rings is 1. The third-order valence-electron chi connectivity index (χ3n) is 4.21. The zero-order valence-corrected chi connectivity index (χ0v) is 18.9. The van der Waals surface area contributed by atoms with Gasteiger partial charge in [0.15, 0.2) is 28.8 Å². The highest BCUT2D eigenvalue weighted by molar-refractivity contribution is 7.66. The number of phosphoric ester groups is 1. The van der Waals surface area contributed by atoms with Gasteiger partial charge in [0.25, 0.3) is 0 Å². The summed E-state index contributed by atoms with van der Waals surface area (Å²) in [7, 11) is -17.0. The summed E-state index contributed by atoms with van der Waals surface area (Å²) in [5, 5.41) is 21.2. The topological polar surface area (TPSA) is 279 Å².